The summed E-state index contributed by atoms with van der Waals surface area (Å²) >= 11 is 0. The van der Waals surface area contributed by atoms with Crippen molar-refractivity contribution in [3.8, 4) is 0 Å². The van der Waals surface area contributed by atoms with Crippen molar-refractivity contribution in [1.82, 2.24) is 5.32 Å². The van der Waals surface area contributed by atoms with Crippen molar-refractivity contribution in [3.05, 3.63) is 29.3 Å². The maximum Gasteiger partial charge on any atom is 0.253 e. The zero-order valence-corrected chi connectivity index (χ0v) is 15.1. The molecule has 2 N–H and O–H groups in total. The third-order valence-electron chi connectivity index (χ3n) is 5.04. The number of nitrogens with zero attached hydrogens (tertiary/aromatic N) is 1. The fourth-order valence-electron chi connectivity index (χ4n) is 2.94. The Morgan fingerprint density at radius 1 is 1.46 bits per heavy atom. The first-order valence-electron chi connectivity index (χ1n) is 8.68. The van der Waals surface area contributed by atoms with Gasteiger partial charge in [0.25, 0.3) is 5.91 Å². The Bertz CT molecular complexity index is 625. The van der Waals surface area contributed by atoms with Gasteiger partial charge in [-0.05, 0) is 38.3 Å². The molecule has 1 aromatic carbocycles. The molecular formula is C19H28N2O3. The molecule has 2 amide bonds. The molecule has 1 aliphatic heterocycles. The second kappa shape index (κ2) is 7.34. The highest BCUT2D eigenvalue weighted by molar-refractivity contribution is 6.05. The van der Waals surface area contributed by atoms with Gasteiger partial charge in [0.1, 0.15) is 0 Å². The van der Waals surface area contributed by atoms with Gasteiger partial charge in [-0.25, -0.2) is 0 Å². The van der Waals surface area contributed by atoms with E-state index in [4.69, 9.17) is 0 Å². The topological polar surface area (TPSA) is 69.6 Å². The Kier molecular flexibility index (Phi) is 5.65. The van der Waals surface area contributed by atoms with Crippen LogP contribution in [0.3, 0.4) is 0 Å². The molecule has 0 aliphatic carbocycles. The van der Waals surface area contributed by atoms with Crippen LogP contribution in [0.2, 0.25) is 0 Å². The van der Waals surface area contributed by atoms with Crippen LogP contribution in [0.5, 0.6) is 0 Å². The highest BCUT2D eigenvalue weighted by Gasteiger charge is 2.29. The number of aryl methyl sites for hydroxylation is 1. The monoisotopic (exact) mass is 332 g/mol. The van der Waals surface area contributed by atoms with Crippen molar-refractivity contribution in [2.24, 2.45) is 5.92 Å². The van der Waals surface area contributed by atoms with E-state index >= 15 is 0 Å². The summed E-state index contributed by atoms with van der Waals surface area (Å²) in [6.45, 7) is 8.46. The lowest BCUT2D eigenvalue weighted by Gasteiger charge is -2.30. The van der Waals surface area contributed by atoms with Gasteiger partial charge < -0.3 is 15.3 Å². The number of carbonyl (C=O) groups excluding carboxylic acids is 2. The van der Waals surface area contributed by atoms with Crippen LogP contribution in [-0.2, 0) is 4.79 Å². The predicted molar refractivity (Wildman–Crippen MR) is 95.2 cm³/mol. The molecule has 0 radical (unpaired) electrons. The number of benzene rings is 1. The van der Waals surface area contributed by atoms with Crippen LogP contribution in [0, 0.1) is 12.8 Å². The summed E-state index contributed by atoms with van der Waals surface area (Å²) in [7, 11) is 0. The van der Waals surface area contributed by atoms with E-state index < -0.39 is 5.60 Å². The maximum atomic E-state index is 12.7. The van der Waals surface area contributed by atoms with Crippen LogP contribution >= 0.6 is 0 Å². The number of hydrogen-bond donors (Lipinski definition) is 2. The number of hydrogen-bond acceptors (Lipinski definition) is 3. The molecule has 1 saturated heterocycles. The lowest BCUT2D eigenvalue weighted by atomic mass is 9.88. The van der Waals surface area contributed by atoms with Gasteiger partial charge in [-0.1, -0.05) is 31.9 Å². The number of anilines is 1. The largest absolute Gasteiger partial charge is 0.388 e. The third-order valence-corrected chi connectivity index (χ3v) is 5.04. The lowest BCUT2D eigenvalue weighted by Crippen LogP contribution is -2.45. The van der Waals surface area contributed by atoms with E-state index in [2.05, 4.69) is 5.32 Å². The second-order valence-corrected chi connectivity index (χ2v) is 7.02. The molecule has 0 saturated carbocycles. The Hall–Kier alpha value is -1.88. The fraction of sp³-hybridized carbons (Fsp3) is 0.579. The molecule has 0 aromatic heterocycles. The smallest absolute Gasteiger partial charge is 0.253 e. The van der Waals surface area contributed by atoms with Crippen LogP contribution in [0.4, 0.5) is 5.69 Å². The van der Waals surface area contributed by atoms with Crippen molar-refractivity contribution in [3.63, 3.8) is 0 Å². The standard InChI is InChI=1S/C19H28N2O3/c1-5-14(3)19(4,24)12-20-18(23)15-11-13(2)8-9-16(15)21-10-6-7-17(21)22/h8-9,11,14,24H,5-7,10,12H2,1-4H3,(H,20,23). The molecule has 1 aromatic rings. The highest BCUT2D eigenvalue weighted by Crippen LogP contribution is 2.27. The molecule has 24 heavy (non-hydrogen) atoms. The highest BCUT2D eigenvalue weighted by atomic mass is 16.3. The van der Waals surface area contributed by atoms with Crippen LogP contribution < -0.4 is 10.2 Å². The minimum absolute atomic E-state index is 0.0551. The quantitative estimate of drug-likeness (QED) is 0.841. The number of carbonyl (C=O) groups is 2. The number of aliphatic hydroxyl groups is 1. The summed E-state index contributed by atoms with van der Waals surface area (Å²) in [5, 5.41) is 13.3. The van der Waals surface area contributed by atoms with E-state index in [1.807, 2.05) is 32.9 Å². The SMILES string of the molecule is CCC(C)C(C)(O)CNC(=O)c1cc(C)ccc1N1CCCC1=O. The van der Waals surface area contributed by atoms with Crippen molar-refractivity contribution in [1.29, 1.82) is 0 Å². The normalized spacial score (nSPS) is 18.4. The van der Waals surface area contributed by atoms with Crippen LogP contribution in [0.15, 0.2) is 18.2 Å². The first-order valence-corrected chi connectivity index (χ1v) is 8.68. The van der Waals surface area contributed by atoms with Gasteiger partial charge in [-0.3, -0.25) is 9.59 Å². The molecule has 2 rings (SSSR count). The predicted octanol–water partition coefficient (Wildman–Crippen LogP) is 2.65. The van der Waals surface area contributed by atoms with E-state index in [-0.39, 0.29) is 24.3 Å². The lowest BCUT2D eigenvalue weighted by molar-refractivity contribution is -0.117. The Labute approximate surface area is 144 Å². The fourth-order valence-corrected chi connectivity index (χ4v) is 2.94. The molecule has 2 unspecified atom stereocenters. The van der Waals surface area contributed by atoms with Crippen molar-refractivity contribution in [2.75, 3.05) is 18.0 Å². The van der Waals surface area contributed by atoms with Gasteiger partial charge in [-0.15, -0.1) is 0 Å². The zero-order chi connectivity index (χ0) is 17.9. The van der Waals surface area contributed by atoms with Crippen molar-refractivity contribution < 1.29 is 14.7 Å². The molecule has 1 fully saturated rings. The first-order chi connectivity index (χ1) is 11.3. The van der Waals surface area contributed by atoms with E-state index in [1.54, 1.807) is 17.9 Å². The Morgan fingerprint density at radius 2 is 2.17 bits per heavy atom. The van der Waals surface area contributed by atoms with Crippen molar-refractivity contribution >= 4 is 17.5 Å². The number of nitrogens with one attached hydrogen (secondary N) is 1. The minimum atomic E-state index is -0.960. The van der Waals surface area contributed by atoms with E-state index in [0.717, 1.165) is 18.4 Å². The first kappa shape index (κ1) is 18.5. The van der Waals surface area contributed by atoms with Crippen LogP contribution in [-0.4, -0.2) is 35.6 Å². The third kappa shape index (κ3) is 3.96. The minimum Gasteiger partial charge on any atom is -0.388 e. The molecule has 5 nitrogen and oxygen atoms in total. The van der Waals surface area contributed by atoms with Gasteiger partial charge in [0, 0.05) is 19.5 Å². The maximum absolute atomic E-state index is 12.7. The van der Waals surface area contributed by atoms with Crippen molar-refractivity contribution in [2.45, 2.75) is 52.6 Å². The summed E-state index contributed by atoms with van der Waals surface area (Å²) in [6, 6.07) is 5.54. The van der Waals surface area contributed by atoms with Gasteiger partial charge >= 0.3 is 0 Å². The number of rotatable bonds is 6. The average Bonchev–Trinajstić information content (AvgIpc) is 2.97. The molecule has 0 bridgehead atoms. The number of amides is 2. The summed E-state index contributed by atoms with van der Waals surface area (Å²) in [5.74, 6) is -0.119. The molecule has 1 heterocycles. The second-order valence-electron chi connectivity index (χ2n) is 7.02. The summed E-state index contributed by atoms with van der Waals surface area (Å²) in [5.41, 5.74) is 1.15. The van der Waals surface area contributed by atoms with Gasteiger partial charge in [0.15, 0.2) is 0 Å². The van der Waals surface area contributed by atoms with Gasteiger partial charge in [-0.2, -0.15) is 0 Å². The van der Waals surface area contributed by atoms with Crippen LogP contribution in [0.1, 0.15) is 56.0 Å². The molecule has 0 spiro atoms. The molecular weight excluding hydrogens is 304 g/mol. The summed E-state index contributed by atoms with van der Waals surface area (Å²) in [6.07, 6.45) is 2.18. The molecule has 5 heteroatoms. The van der Waals surface area contributed by atoms with Gasteiger partial charge in [0.2, 0.25) is 5.91 Å². The average molecular weight is 332 g/mol. The molecule has 1 aliphatic rings. The Morgan fingerprint density at radius 3 is 2.75 bits per heavy atom. The summed E-state index contributed by atoms with van der Waals surface area (Å²) < 4.78 is 0. The van der Waals surface area contributed by atoms with Gasteiger partial charge in [0.05, 0.1) is 16.9 Å². The van der Waals surface area contributed by atoms with Crippen LogP contribution in [0.25, 0.3) is 0 Å². The molecule has 2 atom stereocenters. The summed E-state index contributed by atoms with van der Waals surface area (Å²) in [4.78, 5) is 26.4. The van der Waals surface area contributed by atoms with E-state index in [0.29, 0.717) is 24.2 Å². The van der Waals surface area contributed by atoms with E-state index in [1.165, 1.54) is 0 Å². The molecule has 132 valence electrons. The Balaban J connectivity index is 2.20. The zero-order valence-electron chi connectivity index (χ0n) is 15.1. The van der Waals surface area contributed by atoms with E-state index in [9.17, 15) is 14.7 Å².